The maximum atomic E-state index is 11.1. The van der Waals surface area contributed by atoms with Crippen molar-refractivity contribution in [2.45, 2.75) is 56.9 Å². The normalized spacial score (nSPS) is 26.8. The molecule has 1 heterocycles. The molecular weight excluding hydrogens is 423 g/mol. The minimum atomic E-state index is -4.30. The fraction of sp³-hybridized carbons (Fsp3) is 0.455. The van der Waals surface area contributed by atoms with Crippen LogP contribution in [0.4, 0.5) is 0 Å². The average molecular weight is 452 g/mol. The Hall–Kier alpha value is -1.77. The van der Waals surface area contributed by atoms with Gasteiger partial charge in [-0.2, -0.15) is 0 Å². The Morgan fingerprint density at radius 2 is 1.65 bits per heavy atom. The van der Waals surface area contributed by atoms with Gasteiger partial charge in [-0.05, 0) is 41.2 Å². The van der Waals surface area contributed by atoms with Crippen LogP contribution in [0.3, 0.4) is 0 Å². The molecule has 5 atom stereocenters. The number of ether oxygens (including phenoxy) is 2. The molecule has 0 saturated carbocycles. The van der Waals surface area contributed by atoms with E-state index in [4.69, 9.17) is 19.3 Å². The van der Waals surface area contributed by atoms with Gasteiger partial charge in [-0.1, -0.05) is 50.2 Å². The molecule has 0 aliphatic carbocycles. The first-order chi connectivity index (χ1) is 14.5. The molecule has 5 N–H and O–H groups in total. The monoisotopic (exact) mass is 452 g/mol. The summed E-state index contributed by atoms with van der Waals surface area (Å²) in [5, 5.41) is 30.4. The quantitative estimate of drug-likeness (QED) is 0.404. The van der Waals surface area contributed by atoms with Crippen LogP contribution in [0.25, 0.3) is 11.1 Å². The Balaban J connectivity index is 1.70. The van der Waals surface area contributed by atoms with Gasteiger partial charge < -0.3 is 34.6 Å². The van der Waals surface area contributed by atoms with E-state index in [1.54, 1.807) is 12.1 Å². The van der Waals surface area contributed by atoms with Gasteiger partial charge in [-0.25, -0.2) is 0 Å². The summed E-state index contributed by atoms with van der Waals surface area (Å²) >= 11 is 0. The van der Waals surface area contributed by atoms with Crippen molar-refractivity contribution in [1.82, 2.24) is 0 Å². The minimum Gasteiger partial charge on any atom is -0.462 e. The topological polar surface area (TPSA) is 137 Å². The summed E-state index contributed by atoms with van der Waals surface area (Å²) in [5.41, 5.74) is 3.27. The standard InChI is InChI=1S/C22H29O8P/c1-13(2)15-4-3-5-16(12-15)14-6-8-17(9-7-14)29-22-21(25)20(24)19(23)18(30-22)10-11-31(26,27)28/h3-9,12-13,18-25H,10-11H2,1-2H3,(H2,26,27,28)/t18-,19-,20+,21+,22+/m1/s1. The van der Waals surface area contributed by atoms with Crippen molar-refractivity contribution >= 4 is 7.60 Å². The van der Waals surface area contributed by atoms with E-state index in [1.165, 1.54) is 5.56 Å². The van der Waals surface area contributed by atoms with Crippen LogP contribution in [0.1, 0.15) is 31.7 Å². The first-order valence-corrected chi connectivity index (χ1v) is 12.0. The van der Waals surface area contributed by atoms with Gasteiger partial charge in [-0.3, -0.25) is 4.57 Å². The number of aliphatic hydroxyl groups excluding tert-OH is 3. The highest BCUT2D eigenvalue weighted by atomic mass is 31.2. The molecule has 0 radical (unpaired) electrons. The van der Waals surface area contributed by atoms with Crippen LogP contribution in [0, 0.1) is 0 Å². The van der Waals surface area contributed by atoms with Gasteiger partial charge in [0.05, 0.1) is 12.3 Å². The highest BCUT2D eigenvalue weighted by Gasteiger charge is 2.45. The van der Waals surface area contributed by atoms with Crippen LogP contribution in [-0.4, -0.2) is 62.0 Å². The van der Waals surface area contributed by atoms with Gasteiger partial charge in [0.25, 0.3) is 0 Å². The number of benzene rings is 2. The first kappa shape index (κ1) is 23.9. The maximum absolute atomic E-state index is 11.1. The SMILES string of the molecule is CC(C)c1cccc(-c2ccc(O[C@H]3O[C@H](CCP(=O)(O)O)[C@@H](O)[C@H](O)[C@@H]3O)cc2)c1. The van der Waals surface area contributed by atoms with Crippen molar-refractivity contribution in [3.63, 3.8) is 0 Å². The molecule has 0 bridgehead atoms. The number of hydrogen-bond acceptors (Lipinski definition) is 6. The van der Waals surface area contributed by atoms with E-state index in [0.717, 1.165) is 11.1 Å². The lowest BCUT2D eigenvalue weighted by atomic mass is 9.97. The average Bonchev–Trinajstić information content (AvgIpc) is 2.73. The summed E-state index contributed by atoms with van der Waals surface area (Å²) in [6.07, 6.45) is -7.68. The second kappa shape index (κ2) is 9.79. The molecule has 3 rings (SSSR count). The molecule has 1 aliphatic rings. The van der Waals surface area contributed by atoms with E-state index in [9.17, 15) is 19.9 Å². The molecule has 0 unspecified atom stereocenters. The highest BCUT2D eigenvalue weighted by molar-refractivity contribution is 7.51. The molecule has 170 valence electrons. The summed E-state index contributed by atoms with van der Waals surface area (Å²) < 4.78 is 22.3. The van der Waals surface area contributed by atoms with Crippen LogP contribution >= 0.6 is 7.60 Å². The van der Waals surface area contributed by atoms with Crippen molar-refractivity contribution in [3.05, 3.63) is 54.1 Å². The zero-order valence-corrected chi connectivity index (χ0v) is 18.3. The van der Waals surface area contributed by atoms with E-state index >= 15 is 0 Å². The van der Waals surface area contributed by atoms with Crippen LogP contribution in [0.15, 0.2) is 48.5 Å². The van der Waals surface area contributed by atoms with Crippen molar-refractivity contribution in [1.29, 1.82) is 0 Å². The van der Waals surface area contributed by atoms with Gasteiger partial charge in [0.15, 0.2) is 0 Å². The Morgan fingerprint density at radius 3 is 2.26 bits per heavy atom. The fourth-order valence-corrected chi connectivity index (χ4v) is 4.08. The van der Waals surface area contributed by atoms with Gasteiger partial charge in [0.2, 0.25) is 6.29 Å². The summed E-state index contributed by atoms with van der Waals surface area (Å²) in [5.74, 6) is 0.790. The lowest BCUT2D eigenvalue weighted by Crippen LogP contribution is -2.59. The molecular formula is C22H29O8P. The summed E-state index contributed by atoms with van der Waals surface area (Å²) in [6.45, 7) is 4.26. The molecule has 0 aromatic heterocycles. The third kappa shape index (κ3) is 6.14. The smallest absolute Gasteiger partial charge is 0.325 e. The zero-order valence-electron chi connectivity index (χ0n) is 17.4. The largest absolute Gasteiger partial charge is 0.462 e. The van der Waals surface area contributed by atoms with Crippen LogP contribution in [-0.2, 0) is 9.30 Å². The molecule has 1 saturated heterocycles. The van der Waals surface area contributed by atoms with E-state index in [2.05, 4.69) is 26.0 Å². The number of rotatable bonds is 7. The number of hydrogen-bond donors (Lipinski definition) is 5. The van der Waals surface area contributed by atoms with Crippen LogP contribution < -0.4 is 4.74 Å². The number of aliphatic hydroxyl groups is 3. The second-order valence-electron chi connectivity index (χ2n) is 8.11. The zero-order chi connectivity index (χ0) is 22.8. The highest BCUT2D eigenvalue weighted by Crippen LogP contribution is 2.37. The molecule has 31 heavy (non-hydrogen) atoms. The van der Waals surface area contributed by atoms with Crippen molar-refractivity contribution in [3.8, 4) is 16.9 Å². The molecule has 9 heteroatoms. The van der Waals surface area contributed by atoms with Crippen molar-refractivity contribution in [2.75, 3.05) is 6.16 Å². The molecule has 1 fully saturated rings. The predicted molar refractivity (Wildman–Crippen MR) is 115 cm³/mol. The van der Waals surface area contributed by atoms with Crippen molar-refractivity contribution in [2.24, 2.45) is 0 Å². The minimum absolute atomic E-state index is 0.194. The summed E-state index contributed by atoms with van der Waals surface area (Å²) in [7, 11) is -4.30. The van der Waals surface area contributed by atoms with Gasteiger partial charge in [0, 0.05) is 0 Å². The Morgan fingerprint density at radius 1 is 0.968 bits per heavy atom. The van der Waals surface area contributed by atoms with Crippen molar-refractivity contribution < 1.29 is 39.1 Å². The Labute approximate surface area is 181 Å². The second-order valence-corrected chi connectivity index (χ2v) is 9.89. The van der Waals surface area contributed by atoms with Crippen LogP contribution in [0.2, 0.25) is 0 Å². The van der Waals surface area contributed by atoms with E-state index in [-0.39, 0.29) is 6.42 Å². The third-order valence-electron chi connectivity index (χ3n) is 5.37. The predicted octanol–water partition coefficient (Wildman–Crippen LogP) is 2.23. The molecule has 2 aromatic carbocycles. The van der Waals surface area contributed by atoms with Gasteiger partial charge in [-0.15, -0.1) is 0 Å². The maximum Gasteiger partial charge on any atom is 0.325 e. The van der Waals surface area contributed by atoms with E-state index < -0.39 is 44.5 Å². The van der Waals surface area contributed by atoms with E-state index in [0.29, 0.717) is 11.7 Å². The molecule has 8 nitrogen and oxygen atoms in total. The summed E-state index contributed by atoms with van der Waals surface area (Å²) in [6, 6.07) is 15.4. The first-order valence-electron chi connectivity index (χ1n) is 10.2. The molecule has 0 amide bonds. The Bertz CT molecular complexity index is 910. The van der Waals surface area contributed by atoms with Gasteiger partial charge in [0.1, 0.15) is 24.1 Å². The summed E-state index contributed by atoms with van der Waals surface area (Å²) in [4.78, 5) is 18.1. The molecule has 2 aromatic rings. The Kier molecular flexibility index (Phi) is 7.55. The fourth-order valence-electron chi connectivity index (χ4n) is 3.49. The lowest BCUT2D eigenvalue weighted by molar-refractivity contribution is -0.272. The molecule has 0 spiro atoms. The lowest BCUT2D eigenvalue weighted by Gasteiger charge is -2.40. The van der Waals surface area contributed by atoms with Crippen LogP contribution in [0.5, 0.6) is 5.75 Å². The molecule has 1 aliphatic heterocycles. The van der Waals surface area contributed by atoms with E-state index in [1.807, 2.05) is 24.3 Å². The van der Waals surface area contributed by atoms with Gasteiger partial charge >= 0.3 is 7.60 Å². The third-order valence-corrected chi connectivity index (χ3v) is 6.21.